The summed E-state index contributed by atoms with van der Waals surface area (Å²) in [6, 6.07) is 0. The van der Waals surface area contributed by atoms with Crippen molar-refractivity contribution in [2.24, 2.45) is 40.4 Å². The number of ketones is 1. The maximum Gasteiger partial charge on any atom is 0.360 e. The lowest BCUT2D eigenvalue weighted by Crippen LogP contribution is -2.58. The Bertz CT molecular complexity index is 992. The lowest BCUT2D eigenvalue weighted by atomic mass is 9.43. The monoisotopic (exact) mass is 501 g/mol. The zero-order chi connectivity index (χ0) is 25.7. The van der Waals surface area contributed by atoms with Gasteiger partial charge in [-0.1, -0.05) is 6.92 Å². The SMILES string of the molecule is CCOC(=O)c1cnn(CC(=O)[C@H]2CC[C@H]3[C@@H]4CC[C@H]5C[C@](C)(O)CC[C@]5(COC)[C@H]4CC[C@]23C)n1. The van der Waals surface area contributed by atoms with Crippen molar-refractivity contribution < 1.29 is 24.2 Å². The van der Waals surface area contributed by atoms with E-state index in [0.717, 1.165) is 58.0 Å². The summed E-state index contributed by atoms with van der Waals surface area (Å²) in [6.07, 6.45) is 10.7. The van der Waals surface area contributed by atoms with Crippen LogP contribution in [0.3, 0.4) is 0 Å². The Hall–Kier alpha value is -1.80. The van der Waals surface area contributed by atoms with Crippen molar-refractivity contribution >= 4 is 11.8 Å². The second-order valence-electron chi connectivity index (χ2n) is 12.6. The average Bonchev–Trinajstić information content (AvgIpc) is 3.43. The van der Waals surface area contributed by atoms with Crippen LogP contribution >= 0.6 is 0 Å². The summed E-state index contributed by atoms with van der Waals surface area (Å²) in [5.74, 6) is 1.97. The summed E-state index contributed by atoms with van der Waals surface area (Å²) in [7, 11) is 1.83. The molecule has 1 aromatic heterocycles. The van der Waals surface area contributed by atoms with E-state index in [2.05, 4.69) is 17.1 Å². The fourth-order valence-corrected chi connectivity index (χ4v) is 9.23. The summed E-state index contributed by atoms with van der Waals surface area (Å²) in [5.41, 5.74) is -0.258. The number of hydrogen-bond acceptors (Lipinski definition) is 7. The maximum absolute atomic E-state index is 13.5. The third-order valence-corrected chi connectivity index (χ3v) is 10.8. The molecule has 4 saturated carbocycles. The number of Topliss-reactive ketones (excluding diaryl/α,β-unsaturated/α-hetero) is 1. The van der Waals surface area contributed by atoms with E-state index < -0.39 is 11.6 Å². The molecule has 0 saturated heterocycles. The second kappa shape index (κ2) is 9.50. The van der Waals surface area contributed by atoms with Crippen molar-refractivity contribution in [2.45, 2.75) is 90.7 Å². The van der Waals surface area contributed by atoms with E-state index in [1.54, 1.807) is 6.92 Å². The van der Waals surface area contributed by atoms with Gasteiger partial charge in [-0.25, -0.2) is 4.79 Å². The molecule has 0 aliphatic heterocycles. The standard InChI is InChI=1S/C28H43N3O5/c1-5-36-25(33)23-15-29-31(30-23)16-24(32)22-9-8-20-19-7-6-18-14-26(2,34)12-13-28(18,17-35-4)21(19)10-11-27(20,22)3/h15,18-22,34H,5-14,16-17H2,1-4H3/t18-,19-,20-,21-,22+,26+,27-,28+/m0/s1. The van der Waals surface area contributed by atoms with Crippen molar-refractivity contribution in [1.29, 1.82) is 0 Å². The predicted molar refractivity (Wildman–Crippen MR) is 133 cm³/mol. The predicted octanol–water partition coefficient (Wildman–Crippen LogP) is 4.06. The molecular formula is C28H43N3O5. The molecule has 8 atom stereocenters. The molecule has 1 heterocycles. The number of esters is 1. The van der Waals surface area contributed by atoms with E-state index >= 15 is 0 Å². The summed E-state index contributed by atoms with van der Waals surface area (Å²) in [4.78, 5) is 26.8. The van der Waals surface area contributed by atoms with E-state index in [0.29, 0.717) is 23.7 Å². The first-order valence-electron chi connectivity index (χ1n) is 13.9. The zero-order valence-electron chi connectivity index (χ0n) is 22.4. The van der Waals surface area contributed by atoms with Gasteiger partial charge in [0.05, 0.1) is 25.0 Å². The molecule has 8 nitrogen and oxygen atoms in total. The molecule has 36 heavy (non-hydrogen) atoms. The van der Waals surface area contributed by atoms with E-state index in [-0.39, 0.29) is 41.4 Å². The summed E-state index contributed by atoms with van der Waals surface area (Å²) in [6.45, 7) is 7.27. The van der Waals surface area contributed by atoms with Crippen molar-refractivity contribution in [3.63, 3.8) is 0 Å². The number of aliphatic hydroxyl groups is 1. The third-order valence-electron chi connectivity index (χ3n) is 10.8. The average molecular weight is 502 g/mol. The third kappa shape index (κ3) is 4.22. The molecule has 0 amide bonds. The van der Waals surface area contributed by atoms with Crippen molar-refractivity contribution in [3.05, 3.63) is 11.9 Å². The molecule has 0 bridgehead atoms. The lowest BCUT2D eigenvalue weighted by Gasteiger charge is -2.62. The minimum atomic E-state index is -0.559. The second-order valence-corrected chi connectivity index (χ2v) is 12.6. The van der Waals surface area contributed by atoms with Crippen LogP contribution < -0.4 is 0 Å². The van der Waals surface area contributed by atoms with E-state index in [9.17, 15) is 14.7 Å². The van der Waals surface area contributed by atoms with Gasteiger partial charge in [0, 0.05) is 13.0 Å². The normalized spacial score (nSPS) is 41.8. The fraction of sp³-hybridized carbons (Fsp3) is 0.857. The van der Waals surface area contributed by atoms with Gasteiger partial charge < -0.3 is 14.6 Å². The van der Waals surface area contributed by atoms with Crippen molar-refractivity contribution in [2.75, 3.05) is 20.3 Å². The van der Waals surface area contributed by atoms with Gasteiger partial charge in [-0.15, -0.1) is 5.10 Å². The van der Waals surface area contributed by atoms with Crippen LogP contribution in [0.15, 0.2) is 6.20 Å². The van der Waals surface area contributed by atoms with Gasteiger partial charge in [0.25, 0.3) is 0 Å². The number of methoxy groups -OCH3 is 1. The first kappa shape index (κ1) is 25.8. The molecular weight excluding hydrogens is 458 g/mol. The molecule has 0 spiro atoms. The molecule has 0 aromatic carbocycles. The molecule has 4 fully saturated rings. The first-order chi connectivity index (χ1) is 17.1. The minimum Gasteiger partial charge on any atom is -0.461 e. The van der Waals surface area contributed by atoms with Crippen LogP contribution in [0.5, 0.6) is 0 Å². The fourth-order valence-electron chi connectivity index (χ4n) is 9.23. The highest BCUT2D eigenvalue weighted by atomic mass is 16.5. The highest BCUT2D eigenvalue weighted by Crippen LogP contribution is 2.68. The Morgan fingerprint density at radius 1 is 1.11 bits per heavy atom. The molecule has 1 aromatic rings. The number of hydrogen-bond donors (Lipinski definition) is 1. The van der Waals surface area contributed by atoms with Gasteiger partial charge in [-0.3, -0.25) is 4.79 Å². The van der Waals surface area contributed by atoms with E-state index in [4.69, 9.17) is 9.47 Å². The molecule has 4 aliphatic rings. The smallest absolute Gasteiger partial charge is 0.360 e. The molecule has 8 heteroatoms. The number of nitrogens with zero attached hydrogens (tertiary/aromatic N) is 3. The van der Waals surface area contributed by atoms with Crippen LogP contribution in [0.4, 0.5) is 0 Å². The van der Waals surface area contributed by atoms with Crippen LogP contribution in [-0.4, -0.2) is 57.8 Å². The van der Waals surface area contributed by atoms with Crippen molar-refractivity contribution in [1.82, 2.24) is 15.0 Å². The topological polar surface area (TPSA) is 104 Å². The minimum absolute atomic E-state index is 0.00334. The number of ether oxygens (including phenoxy) is 2. The van der Waals surface area contributed by atoms with Gasteiger partial charge in [0.2, 0.25) is 0 Å². The Kier molecular flexibility index (Phi) is 6.82. The Morgan fingerprint density at radius 2 is 1.92 bits per heavy atom. The van der Waals surface area contributed by atoms with Crippen LogP contribution in [-0.2, 0) is 20.8 Å². The Labute approximate surface area is 214 Å². The number of aromatic nitrogens is 3. The largest absolute Gasteiger partial charge is 0.461 e. The van der Waals surface area contributed by atoms with Gasteiger partial charge in [0.15, 0.2) is 11.5 Å². The zero-order valence-corrected chi connectivity index (χ0v) is 22.4. The maximum atomic E-state index is 13.5. The molecule has 4 aliphatic carbocycles. The Balaban J connectivity index is 1.32. The molecule has 0 unspecified atom stereocenters. The number of rotatable bonds is 7. The quantitative estimate of drug-likeness (QED) is 0.562. The van der Waals surface area contributed by atoms with E-state index in [1.165, 1.54) is 17.4 Å². The van der Waals surface area contributed by atoms with Gasteiger partial charge in [-0.05, 0) is 106 Å². The first-order valence-corrected chi connectivity index (χ1v) is 13.9. The van der Waals surface area contributed by atoms with E-state index in [1.807, 2.05) is 14.0 Å². The summed E-state index contributed by atoms with van der Waals surface area (Å²) < 4.78 is 10.9. The number of carbonyl (C=O) groups excluding carboxylic acids is 2. The van der Waals surface area contributed by atoms with Gasteiger partial charge in [0.1, 0.15) is 6.54 Å². The number of fused-ring (bicyclic) bond motifs is 5. The summed E-state index contributed by atoms with van der Waals surface area (Å²) >= 11 is 0. The van der Waals surface area contributed by atoms with Gasteiger partial charge >= 0.3 is 5.97 Å². The molecule has 200 valence electrons. The molecule has 0 radical (unpaired) electrons. The molecule has 5 rings (SSSR count). The molecule has 1 N–H and O–H groups in total. The summed E-state index contributed by atoms with van der Waals surface area (Å²) in [5, 5.41) is 19.2. The van der Waals surface area contributed by atoms with Crippen LogP contribution in [0.1, 0.15) is 89.0 Å². The van der Waals surface area contributed by atoms with Crippen LogP contribution in [0, 0.1) is 40.4 Å². The van der Waals surface area contributed by atoms with Crippen molar-refractivity contribution in [3.8, 4) is 0 Å². The number of carbonyl (C=O) groups is 2. The Morgan fingerprint density at radius 3 is 2.67 bits per heavy atom. The van der Waals surface area contributed by atoms with Crippen LogP contribution in [0.25, 0.3) is 0 Å². The lowest BCUT2D eigenvalue weighted by molar-refractivity contribution is -0.175. The van der Waals surface area contributed by atoms with Gasteiger partial charge in [-0.2, -0.15) is 9.90 Å². The highest BCUT2D eigenvalue weighted by molar-refractivity contribution is 5.86. The highest BCUT2D eigenvalue weighted by Gasteiger charge is 2.63. The van der Waals surface area contributed by atoms with Crippen LogP contribution in [0.2, 0.25) is 0 Å².